The minimum absolute atomic E-state index is 0.0732. The number of amides is 2. The summed E-state index contributed by atoms with van der Waals surface area (Å²) in [5, 5.41) is -0.401. The molecule has 0 bridgehead atoms. The number of carbonyl (C=O) groups excluding carboxylic acids is 2. The molecule has 0 spiro atoms. The van der Waals surface area contributed by atoms with Crippen LogP contribution in [0.25, 0.3) is 0 Å². The minimum Gasteiger partial charge on any atom is -0.444 e. The average Bonchev–Trinajstić information content (AvgIpc) is 2.80. The molecule has 7 heteroatoms. The van der Waals surface area contributed by atoms with Crippen molar-refractivity contribution in [3.63, 3.8) is 0 Å². The van der Waals surface area contributed by atoms with Crippen molar-refractivity contribution >= 4 is 46.8 Å². The molecule has 1 aromatic rings. The van der Waals surface area contributed by atoms with Gasteiger partial charge in [-0.25, -0.2) is 9.69 Å². The largest absolute Gasteiger partial charge is 0.444 e. The monoisotopic (exact) mass is 419 g/mol. The quantitative estimate of drug-likeness (QED) is 0.545. The lowest BCUT2D eigenvalue weighted by molar-refractivity contribution is -0.128. The Morgan fingerprint density at radius 2 is 1.88 bits per heavy atom. The van der Waals surface area contributed by atoms with Crippen LogP contribution in [0.15, 0.2) is 30.3 Å². The van der Waals surface area contributed by atoms with E-state index in [1.165, 1.54) is 0 Å². The molecule has 3 atom stereocenters. The highest BCUT2D eigenvalue weighted by Crippen LogP contribution is 2.48. The zero-order valence-electron chi connectivity index (χ0n) is 15.0. The summed E-state index contributed by atoms with van der Waals surface area (Å²) in [6.45, 7) is 4.04. The Morgan fingerprint density at radius 1 is 1.23 bits per heavy atom. The third-order valence-corrected chi connectivity index (χ3v) is 5.93. The molecular weight excluding hydrogens is 397 g/mol. The summed E-state index contributed by atoms with van der Waals surface area (Å²) in [6, 6.07) is 8.79. The van der Waals surface area contributed by atoms with Gasteiger partial charge in [0.15, 0.2) is 0 Å². The highest BCUT2D eigenvalue weighted by Gasteiger charge is 2.61. The van der Waals surface area contributed by atoms with Gasteiger partial charge in [0.2, 0.25) is 4.33 Å². The van der Waals surface area contributed by atoms with Gasteiger partial charge in [-0.1, -0.05) is 80.2 Å². The third-order valence-electron chi connectivity index (χ3n) is 4.61. The number of rotatable bonds is 7. The predicted octanol–water partition coefficient (Wildman–Crippen LogP) is 5.53. The van der Waals surface area contributed by atoms with Gasteiger partial charge in [0.25, 0.3) is 5.91 Å². The third kappa shape index (κ3) is 4.47. The molecule has 0 aromatic heterocycles. The van der Waals surface area contributed by atoms with Gasteiger partial charge in [-0.15, -0.1) is 11.6 Å². The Bertz CT molecular complexity index is 624. The van der Waals surface area contributed by atoms with Crippen LogP contribution in [-0.2, 0) is 16.1 Å². The Balaban J connectivity index is 2.21. The fourth-order valence-electron chi connectivity index (χ4n) is 3.39. The molecule has 0 saturated carbocycles. The van der Waals surface area contributed by atoms with Crippen LogP contribution in [0.4, 0.5) is 4.79 Å². The Hall–Kier alpha value is -0.970. The molecule has 2 rings (SSSR count). The fourth-order valence-corrected chi connectivity index (χ4v) is 4.87. The second-order valence-electron chi connectivity index (χ2n) is 6.52. The van der Waals surface area contributed by atoms with Crippen molar-refractivity contribution in [2.45, 2.75) is 61.9 Å². The zero-order chi connectivity index (χ0) is 19.3. The van der Waals surface area contributed by atoms with E-state index >= 15 is 0 Å². The van der Waals surface area contributed by atoms with Crippen LogP contribution < -0.4 is 0 Å². The van der Waals surface area contributed by atoms with Gasteiger partial charge < -0.3 is 4.74 Å². The molecule has 0 N–H and O–H groups in total. The number of benzene rings is 1. The van der Waals surface area contributed by atoms with Crippen molar-refractivity contribution in [3.8, 4) is 0 Å². The average molecular weight is 421 g/mol. The summed E-state index contributed by atoms with van der Waals surface area (Å²) in [5.74, 6) is -1.19. The fraction of sp³-hybridized carbons (Fsp3) is 0.579. The molecular formula is C19H24Cl3NO3. The first-order valence-corrected chi connectivity index (χ1v) is 10.1. The van der Waals surface area contributed by atoms with Crippen molar-refractivity contribution in [1.82, 2.24) is 4.90 Å². The van der Waals surface area contributed by atoms with E-state index in [9.17, 15) is 9.59 Å². The molecule has 26 heavy (non-hydrogen) atoms. The molecule has 1 fully saturated rings. The number of hydrogen-bond donors (Lipinski definition) is 0. The summed E-state index contributed by atoms with van der Waals surface area (Å²) >= 11 is 19.3. The van der Waals surface area contributed by atoms with Gasteiger partial charge in [-0.05, 0) is 18.4 Å². The van der Waals surface area contributed by atoms with E-state index in [2.05, 4.69) is 0 Å². The van der Waals surface area contributed by atoms with E-state index in [1.807, 2.05) is 44.2 Å². The van der Waals surface area contributed by atoms with E-state index in [0.29, 0.717) is 12.8 Å². The smallest absolute Gasteiger partial charge is 0.417 e. The van der Waals surface area contributed by atoms with Crippen molar-refractivity contribution in [1.29, 1.82) is 0 Å². The first-order valence-electron chi connectivity index (χ1n) is 8.90. The molecule has 4 nitrogen and oxygen atoms in total. The first-order chi connectivity index (χ1) is 12.3. The van der Waals surface area contributed by atoms with E-state index in [4.69, 9.17) is 39.5 Å². The number of nitrogens with zero attached hydrogens (tertiary/aromatic N) is 1. The second kappa shape index (κ2) is 9.29. The number of alkyl halides is 3. The summed E-state index contributed by atoms with van der Waals surface area (Å²) < 4.78 is 3.62. The molecule has 1 aliphatic rings. The van der Waals surface area contributed by atoms with Gasteiger partial charge in [0.05, 0.1) is 6.04 Å². The van der Waals surface area contributed by atoms with E-state index in [0.717, 1.165) is 23.3 Å². The number of hydrogen-bond acceptors (Lipinski definition) is 3. The normalized spacial score (nSPS) is 23.1. The molecule has 1 aliphatic heterocycles. The summed E-state index contributed by atoms with van der Waals surface area (Å²) in [6.07, 6.45) is 2.10. The van der Waals surface area contributed by atoms with Crippen molar-refractivity contribution < 1.29 is 14.3 Å². The summed E-state index contributed by atoms with van der Waals surface area (Å²) in [7, 11) is 0. The standard InChI is InChI=1S/C19H24Cl3NO3/c1-3-8-14(20)16-15(9-4-2)23(17(24)19(16,21)22)18(25)26-12-13-10-6-5-7-11-13/h5-7,10-11,14-16H,3-4,8-9,12H2,1-2H3/t14?,15-,16-/m1/s1. The number of ether oxygens (including phenoxy) is 1. The van der Waals surface area contributed by atoms with Gasteiger partial charge in [0.1, 0.15) is 6.61 Å². The van der Waals surface area contributed by atoms with Crippen LogP contribution in [0.5, 0.6) is 0 Å². The van der Waals surface area contributed by atoms with Crippen molar-refractivity contribution in [2.24, 2.45) is 5.92 Å². The van der Waals surface area contributed by atoms with E-state index < -0.39 is 33.7 Å². The van der Waals surface area contributed by atoms with Crippen LogP contribution >= 0.6 is 34.8 Å². The van der Waals surface area contributed by atoms with Crippen molar-refractivity contribution in [2.75, 3.05) is 0 Å². The van der Waals surface area contributed by atoms with Gasteiger partial charge in [-0.3, -0.25) is 4.79 Å². The minimum atomic E-state index is -1.73. The molecule has 2 amide bonds. The lowest BCUT2D eigenvalue weighted by Gasteiger charge is -2.29. The van der Waals surface area contributed by atoms with Crippen LogP contribution in [0.3, 0.4) is 0 Å². The van der Waals surface area contributed by atoms with Crippen LogP contribution in [0.1, 0.15) is 45.1 Å². The Morgan fingerprint density at radius 3 is 2.46 bits per heavy atom. The van der Waals surface area contributed by atoms with E-state index in [1.54, 1.807) is 0 Å². The number of carbonyl (C=O) groups is 2. The van der Waals surface area contributed by atoms with Crippen LogP contribution in [0.2, 0.25) is 0 Å². The SMILES string of the molecule is CCCC(Cl)[C@@H]1[C@@H](CCC)N(C(=O)OCc2ccccc2)C(=O)C1(Cl)Cl. The Labute approximate surface area is 169 Å². The first kappa shape index (κ1) is 21.3. The number of imide groups is 1. The molecule has 1 unspecified atom stereocenters. The molecule has 1 heterocycles. The lowest BCUT2D eigenvalue weighted by atomic mass is 9.90. The summed E-state index contributed by atoms with van der Waals surface area (Å²) in [5.41, 5.74) is 0.834. The molecule has 144 valence electrons. The number of halogens is 3. The lowest BCUT2D eigenvalue weighted by Crippen LogP contribution is -2.42. The number of likely N-dealkylation sites (tertiary alicyclic amines) is 1. The van der Waals surface area contributed by atoms with Crippen LogP contribution in [0, 0.1) is 5.92 Å². The van der Waals surface area contributed by atoms with Gasteiger partial charge in [-0.2, -0.15) is 0 Å². The summed E-state index contributed by atoms with van der Waals surface area (Å²) in [4.78, 5) is 26.5. The topological polar surface area (TPSA) is 46.6 Å². The maximum Gasteiger partial charge on any atom is 0.417 e. The highest BCUT2D eigenvalue weighted by molar-refractivity contribution is 6.59. The molecule has 1 aromatic carbocycles. The Kier molecular flexibility index (Phi) is 7.63. The van der Waals surface area contributed by atoms with E-state index in [-0.39, 0.29) is 6.61 Å². The molecule has 0 aliphatic carbocycles. The maximum atomic E-state index is 12.8. The second-order valence-corrected chi connectivity index (χ2v) is 8.47. The molecule has 0 radical (unpaired) electrons. The molecule has 1 saturated heterocycles. The predicted molar refractivity (Wildman–Crippen MR) is 105 cm³/mol. The zero-order valence-corrected chi connectivity index (χ0v) is 17.2. The highest BCUT2D eigenvalue weighted by atomic mass is 35.5. The van der Waals surface area contributed by atoms with Crippen LogP contribution in [-0.4, -0.2) is 32.7 Å². The van der Waals surface area contributed by atoms with Gasteiger partial charge in [0, 0.05) is 11.3 Å². The van der Waals surface area contributed by atoms with Crippen molar-refractivity contribution in [3.05, 3.63) is 35.9 Å². The van der Waals surface area contributed by atoms with Gasteiger partial charge >= 0.3 is 6.09 Å². The maximum absolute atomic E-state index is 12.8.